The van der Waals surface area contributed by atoms with Gasteiger partial charge in [0, 0.05) is 23.5 Å². The Morgan fingerprint density at radius 2 is 2.06 bits per heavy atom. The average Bonchev–Trinajstić information content (AvgIpc) is 2.38. The molecule has 1 aromatic carbocycles. The van der Waals surface area contributed by atoms with Crippen molar-refractivity contribution in [3.63, 3.8) is 0 Å². The zero-order valence-electron chi connectivity index (χ0n) is 9.81. The van der Waals surface area contributed by atoms with E-state index < -0.39 is 0 Å². The van der Waals surface area contributed by atoms with Gasteiger partial charge in [-0.1, -0.05) is 11.6 Å². The van der Waals surface area contributed by atoms with Crippen LogP contribution in [0.4, 0.5) is 0 Å². The maximum atomic E-state index is 11.0. The third-order valence-electron chi connectivity index (χ3n) is 2.62. The summed E-state index contributed by atoms with van der Waals surface area (Å²) in [5, 5.41) is 0. The number of hydrogen-bond acceptors (Lipinski definition) is 3. The summed E-state index contributed by atoms with van der Waals surface area (Å²) < 4.78 is 5.32. The molecule has 3 nitrogen and oxygen atoms in total. The van der Waals surface area contributed by atoms with Gasteiger partial charge in [-0.2, -0.15) is 0 Å². The Morgan fingerprint density at radius 1 is 1.24 bits per heavy atom. The maximum absolute atomic E-state index is 11.0. The molecular formula is C14H13NO2. The number of aldehydes is 1. The van der Waals surface area contributed by atoms with Gasteiger partial charge in [-0.25, -0.2) is 0 Å². The smallest absolute Gasteiger partial charge is 0.152 e. The van der Waals surface area contributed by atoms with Crippen LogP contribution in [-0.4, -0.2) is 18.4 Å². The lowest BCUT2D eigenvalue weighted by Crippen LogP contribution is -1.93. The summed E-state index contributed by atoms with van der Waals surface area (Å²) in [4.78, 5) is 15.0. The summed E-state index contributed by atoms with van der Waals surface area (Å²) >= 11 is 0. The molecule has 1 aromatic heterocycles. The summed E-state index contributed by atoms with van der Waals surface area (Å²) in [5.41, 5.74) is 3.44. The molecule has 0 aliphatic carbocycles. The minimum atomic E-state index is 0.566. The third-order valence-corrected chi connectivity index (χ3v) is 2.62. The number of pyridine rings is 1. The molecule has 0 N–H and O–H groups in total. The van der Waals surface area contributed by atoms with Crippen LogP contribution in [0.5, 0.6) is 5.75 Å². The van der Waals surface area contributed by atoms with E-state index in [1.807, 2.05) is 31.2 Å². The molecule has 0 fully saturated rings. The number of aromatic nitrogens is 1. The molecule has 0 saturated carbocycles. The second kappa shape index (κ2) is 4.78. The molecular weight excluding hydrogens is 214 g/mol. The van der Waals surface area contributed by atoms with E-state index in [1.54, 1.807) is 19.5 Å². The van der Waals surface area contributed by atoms with Crippen LogP contribution in [0.2, 0.25) is 0 Å². The second-order valence-corrected chi connectivity index (χ2v) is 3.78. The van der Waals surface area contributed by atoms with E-state index in [0.717, 1.165) is 28.7 Å². The lowest BCUT2D eigenvalue weighted by atomic mass is 10.00. The van der Waals surface area contributed by atoms with Gasteiger partial charge in [0.1, 0.15) is 5.75 Å². The van der Waals surface area contributed by atoms with Crippen molar-refractivity contribution in [1.29, 1.82) is 0 Å². The molecule has 3 heteroatoms. The fraction of sp³-hybridized carbons (Fsp3) is 0.143. The average molecular weight is 227 g/mol. The minimum Gasteiger partial charge on any atom is -0.496 e. The molecule has 2 rings (SSSR count). The van der Waals surface area contributed by atoms with E-state index in [4.69, 9.17) is 4.74 Å². The molecule has 0 unspecified atom stereocenters. The minimum absolute atomic E-state index is 0.566. The van der Waals surface area contributed by atoms with E-state index in [0.29, 0.717) is 5.56 Å². The van der Waals surface area contributed by atoms with Gasteiger partial charge in [0.25, 0.3) is 0 Å². The number of methoxy groups -OCH3 is 1. The SMILES string of the molecule is COc1ccc(C)cc1-c1ccncc1C=O. The van der Waals surface area contributed by atoms with Gasteiger partial charge >= 0.3 is 0 Å². The van der Waals surface area contributed by atoms with Crippen LogP contribution >= 0.6 is 0 Å². The van der Waals surface area contributed by atoms with Gasteiger partial charge in [-0.15, -0.1) is 0 Å². The first-order chi connectivity index (χ1) is 8.26. The predicted molar refractivity (Wildman–Crippen MR) is 66.3 cm³/mol. The molecule has 1 heterocycles. The molecule has 0 aliphatic rings. The first kappa shape index (κ1) is 11.3. The number of rotatable bonds is 3. The Kier molecular flexibility index (Phi) is 3.19. The monoisotopic (exact) mass is 227 g/mol. The van der Waals surface area contributed by atoms with Crippen LogP contribution in [0, 0.1) is 6.92 Å². The molecule has 0 atom stereocenters. The highest BCUT2D eigenvalue weighted by molar-refractivity contribution is 5.88. The van der Waals surface area contributed by atoms with Gasteiger partial charge in [0.15, 0.2) is 6.29 Å². The Hall–Kier alpha value is -2.16. The van der Waals surface area contributed by atoms with Crippen molar-refractivity contribution >= 4 is 6.29 Å². The van der Waals surface area contributed by atoms with E-state index in [-0.39, 0.29) is 0 Å². The fourth-order valence-corrected chi connectivity index (χ4v) is 1.78. The molecule has 0 bridgehead atoms. The molecule has 0 aliphatic heterocycles. The molecule has 0 amide bonds. The van der Waals surface area contributed by atoms with Crippen molar-refractivity contribution in [1.82, 2.24) is 4.98 Å². The number of aryl methyl sites for hydroxylation is 1. The van der Waals surface area contributed by atoms with Crippen molar-refractivity contribution < 1.29 is 9.53 Å². The van der Waals surface area contributed by atoms with E-state index in [1.165, 1.54) is 0 Å². The van der Waals surface area contributed by atoms with Crippen LogP contribution in [-0.2, 0) is 0 Å². The summed E-state index contributed by atoms with van der Waals surface area (Å²) in [5.74, 6) is 0.755. The Morgan fingerprint density at radius 3 is 2.76 bits per heavy atom. The Labute approximate surface area is 100 Å². The lowest BCUT2D eigenvalue weighted by molar-refractivity contribution is 0.112. The van der Waals surface area contributed by atoms with E-state index in [9.17, 15) is 4.79 Å². The van der Waals surface area contributed by atoms with Gasteiger partial charge in [0.2, 0.25) is 0 Å². The first-order valence-electron chi connectivity index (χ1n) is 5.30. The summed E-state index contributed by atoms with van der Waals surface area (Å²) in [6.45, 7) is 2.00. The van der Waals surface area contributed by atoms with Gasteiger partial charge < -0.3 is 4.74 Å². The van der Waals surface area contributed by atoms with Gasteiger partial charge in [-0.3, -0.25) is 9.78 Å². The number of benzene rings is 1. The number of carbonyl (C=O) groups is 1. The second-order valence-electron chi connectivity index (χ2n) is 3.78. The first-order valence-corrected chi connectivity index (χ1v) is 5.30. The van der Waals surface area contributed by atoms with E-state index >= 15 is 0 Å². The van der Waals surface area contributed by atoms with Gasteiger partial charge in [0.05, 0.1) is 7.11 Å². The predicted octanol–water partition coefficient (Wildman–Crippen LogP) is 2.88. The molecule has 86 valence electrons. The zero-order valence-corrected chi connectivity index (χ0v) is 9.81. The number of carbonyl (C=O) groups excluding carboxylic acids is 1. The van der Waals surface area contributed by atoms with Crippen LogP contribution < -0.4 is 4.74 Å². The van der Waals surface area contributed by atoms with Crippen molar-refractivity contribution in [3.05, 3.63) is 47.8 Å². The number of ether oxygens (including phenoxy) is 1. The molecule has 2 aromatic rings. The van der Waals surface area contributed by atoms with Gasteiger partial charge in [-0.05, 0) is 30.7 Å². The summed E-state index contributed by atoms with van der Waals surface area (Å²) in [7, 11) is 1.62. The molecule has 0 radical (unpaired) electrons. The standard InChI is InChI=1S/C14H13NO2/c1-10-3-4-14(17-2)13(7-10)12-5-6-15-8-11(12)9-16/h3-9H,1-2H3. The highest BCUT2D eigenvalue weighted by Crippen LogP contribution is 2.32. The van der Waals surface area contributed by atoms with Crippen molar-refractivity contribution in [3.8, 4) is 16.9 Å². The Bertz CT molecular complexity index is 550. The molecule has 0 saturated heterocycles. The largest absolute Gasteiger partial charge is 0.496 e. The normalized spacial score (nSPS) is 10.0. The lowest BCUT2D eigenvalue weighted by Gasteiger charge is -2.10. The zero-order chi connectivity index (χ0) is 12.3. The summed E-state index contributed by atoms with van der Waals surface area (Å²) in [6.07, 6.45) is 4.04. The fourth-order valence-electron chi connectivity index (χ4n) is 1.78. The van der Waals surface area contributed by atoms with Crippen LogP contribution in [0.25, 0.3) is 11.1 Å². The number of nitrogens with zero attached hydrogens (tertiary/aromatic N) is 1. The topological polar surface area (TPSA) is 39.2 Å². The van der Waals surface area contributed by atoms with Crippen LogP contribution in [0.15, 0.2) is 36.7 Å². The van der Waals surface area contributed by atoms with Crippen molar-refractivity contribution in [2.45, 2.75) is 6.92 Å². The summed E-state index contributed by atoms with van der Waals surface area (Å²) in [6, 6.07) is 7.70. The van der Waals surface area contributed by atoms with Crippen LogP contribution in [0.3, 0.4) is 0 Å². The third kappa shape index (κ3) is 2.18. The van der Waals surface area contributed by atoms with E-state index in [2.05, 4.69) is 4.98 Å². The van der Waals surface area contributed by atoms with Crippen LogP contribution in [0.1, 0.15) is 15.9 Å². The maximum Gasteiger partial charge on any atom is 0.152 e. The van der Waals surface area contributed by atoms with Crippen molar-refractivity contribution in [2.75, 3.05) is 7.11 Å². The number of hydrogen-bond donors (Lipinski definition) is 0. The quantitative estimate of drug-likeness (QED) is 0.757. The highest BCUT2D eigenvalue weighted by Gasteiger charge is 2.09. The molecule has 17 heavy (non-hydrogen) atoms. The Balaban J connectivity index is 2.66. The highest BCUT2D eigenvalue weighted by atomic mass is 16.5. The molecule has 0 spiro atoms. The van der Waals surface area contributed by atoms with Crippen molar-refractivity contribution in [2.24, 2.45) is 0 Å².